The highest BCUT2D eigenvalue weighted by Gasteiger charge is 2.14. The molecule has 4 nitrogen and oxygen atoms in total. The minimum absolute atomic E-state index is 0.145. The van der Waals surface area contributed by atoms with Crippen molar-refractivity contribution in [1.29, 1.82) is 0 Å². The molecule has 0 bridgehead atoms. The monoisotopic (exact) mass is 463 g/mol. The zero-order chi connectivity index (χ0) is 24.0. The summed E-state index contributed by atoms with van der Waals surface area (Å²) in [6.45, 7) is 5.39. The Bertz CT molecular complexity index is 1150. The average molecular weight is 464 g/mol. The Balaban J connectivity index is 1.95. The summed E-state index contributed by atoms with van der Waals surface area (Å²) >= 11 is 6.33. The molecule has 172 valence electrons. The number of allylic oxidation sites excluding steroid dienone is 1. The molecule has 3 aromatic carbocycles. The second-order valence-corrected chi connectivity index (χ2v) is 8.73. The molecule has 0 fully saturated rings. The highest BCUT2D eigenvalue weighted by Crippen LogP contribution is 2.30. The van der Waals surface area contributed by atoms with Crippen LogP contribution in [0.1, 0.15) is 27.0 Å². The maximum Gasteiger partial charge on any atom is 0.189 e. The minimum atomic E-state index is -0.145. The molecule has 33 heavy (non-hydrogen) atoms. The second-order valence-electron chi connectivity index (χ2n) is 8.32. The van der Waals surface area contributed by atoms with Crippen LogP contribution in [0.3, 0.4) is 0 Å². The van der Waals surface area contributed by atoms with Crippen molar-refractivity contribution in [3.05, 3.63) is 87.9 Å². The Morgan fingerprint density at radius 3 is 2.33 bits per heavy atom. The molecule has 0 unspecified atom stereocenters. The van der Waals surface area contributed by atoms with Gasteiger partial charge >= 0.3 is 0 Å². The molecule has 0 amide bonds. The number of aryl methyl sites for hydroxylation is 2. The summed E-state index contributed by atoms with van der Waals surface area (Å²) in [4.78, 5) is 15.3. The fourth-order valence-electron chi connectivity index (χ4n) is 3.53. The van der Waals surface area contributed by atoms with Gasteiger partial charge in [0.25, 0.3) is 0 Å². The lowest BCUT2D eigenvalue weighted by molar-refractivity contribution is 0.104. The third-order valence-corrected chi connectivity index (χ3v) is 5.55. The molecule has 0 spiro atoms. The van der Waals surface area contributed by atoms with Gasteiger partial charge in [0, 0.05) is 6.54 Å². The quantitative estimate of drug-likeness (QED) is 0.269. The lowest BCUT2D eigenvalue weighted by atomic mass is 9.97. The van der Waals surface area contributed by atoms with E-state index in [1.165, 1.54) is 17.2 Å². The number of carbonyl (C=O) groups is 1. The first-order valence-corrected chi connectivity index (χ1v) is 11.2. The molecule has 3 rings (SSSR count). The summed E-state index contributed by atoms with van der Waals surface area (Å²) < 4.78 is 11.2. The molecule has 0 aliphatic heterocycles. The van der Waals surface area contributed by atoms with Gasteiger partial charge in [0.1, 0.15) is 18.1 Å². The topological polar surface area (TPSA) is 38.8 Å². The smallest absolute Gasteiger partial charge is 0.189 e. The number of halogens is 1. The van der Waals surface area contributed by atoms with Crippen molar-refractivity contribution in [3.8, 4) is 22.6 Å². The first kappa shape index (κ1) is 24.6. The summed E-state index contributed by atoms with van der Waals surface area (Å²) in [5.74, 6) is 1.09. The first-order chi connectivity index (χ1) is 15.8. The van der Waals surface area contributed by atoms with Crippen molar-refractivity contribution >= 4 is 23.5 Å². The SMILES string of the molecule is COc1ccc(/C=C/C(=O)c2cc(-c3cc(C)cc(C)c3)ccc2OCCN(C)C)c(Cl)c1. The van der Waals surface area contributed by atoms with Gasteiger partial charge in [0.15, 0.2) is 5.78 Å². The van der Waals surface area contributed by atoms with E-state index in [0.717, 1.165) is 23.2 Å². The summed E-state index contributed by atoms with van der Waals surface area (Å²) in [5, 5.41) is 0.518. The number of hydrogen-bond acceptors (Lipinski definition) is 4. The zero-order valence-corrected chi connectivity index (χ0v) is 20.6. The van der Waals surface area contributed by atoms with Gasteiger partial charge in [0.05, 0.1) is 17.7 Å². The van der Waals surface area contributed by atoms with Gasteiger partial charge in [-0.05, 0) is 87.1 Å². The van der Waals surface area contributed by atoms with Gasteiger partial charge in [-0.2, -0.15) is 0 Å². The standard InChI is InChI=1S/C28H30ClNO3/c1-19-14-20(2)16-23(15-19)22-8-11-28(33-13-12-30(3)4)25(17-22)27(31)10-7-21-6-9-24(32-5)18-26(21)29/h6-11,14-18H,12-13H2,1-5H3/b10-7+. The van der Waals surface area contributed by atoms with E-state index in [9.17, 15) is 4.79 Å². The Morgan fingerprint density at radius 1 is 0.970 bits per heavy atom. The van der Waals surface area contributed by atoms with E-state index in [2.05, 4.69) is 32.0 Å². The Hall–Kier alpha value is -3.08. The molecule has 0 radical (unpaired) electrons. The molecular formula is C28H30ClNO3. The lowest BCUT2D eigenvalue weighted by Crippen LogP contribution is -2.20. The van der Waals surface area contributed by atoms with Crippen LogP contribution >= 0.6 is 11.6 Å². The molecule has 0 atom stereocenters. The van der Waals surface area contributed by atoms with Crippen LogP contribution in [-0.2, 0) is 0 Å². The van der Waals surface area contributed by atoms with Gasteiger partial charge in [-0.15, -0.1) is 0 Å². The minimum Gasteiger partial charge on any atom is -0.497 e. The number of methoxy groups -OCH3 is 1. The van der Waals surface area contributed by atoms with Gasteiger partial charge in [-0.3, -0.25) is 4.79 Å². The largest absolute Gasteiger partial charge is 0.497 e. The Kier molecular flexibility index (Phi) is 8.32. The third-order valence-electron chi connectivity index (χ3n) is 5.22. The van der Waals surface area contributed by atoms with Crippen molar-refractivity contribution in [2.75, 3.05) is 34.4 Å². The summed E-state index contributed by atoms with van der Waals surface area (Å²) in [5.41, 5.74) is 5.67. The van der Waals surface area contributed by atoms with Crippen LogP contribution in [0.5, 0.6) is 11.5 Å². The highest BCUT2D eigenvalue weighted by atomic mass is 35.5. The molecule has 0 heterocycles. The molecule has 5 heteroatoms. The summed E-state index contributed by atoms with van der Waals surface area (Å²) in [6.07, 6.45) is 3.25. The average Bonchev–Trinajstić information content (AvgIpc) is 2.77. The number of benzene rings is 3. The lowest BCUT2D eigenvalue weighted by Gasteiger charge is -2.15. The molecular weight excluding hydrogens is 434 g/mol. The summed E-state index contributed by atoms with van der Waals surface area (Å²) in [7, 11) is 5.56. The van der Waals surface area contributed by atoms with Crippen molar-refractivity contribution in [3.63, 3.8) is 0 Å². The van der Waals surface area contributed by atoms with Gasteiger partial charge in [-0.1, -0.05) is 47.0 Å². The number of rotatable bonds is 9. The van der Waals surface area contributed by atoms with Crippen LogP contribution in [0.2, 0.25) is 5.02 Å². The van der Waals surface area contributed by atoms with E-state index < -0.39 is 0 Å². The second kappa shape index (κ2) is 11.2. The van der Waals surface area contributed by atoms with Crippen LogP contribution in [0, 0.1) is 13.8 Å². The van der Waals surface area contributed by atoms with Crippen LogP contribution < -0.4 is 9.47 Å². The van der Waals surface area contributed by atoms with E-state index in [1.807, 2.05) is 49.3 Å². The molecule has 0 N–H and O–H groups in total. The molecule has 0 aliphatic carbocycles. The number of ether oxygens (including phenoxy) is 2. The predicted molar refractivity (Wildman–Crippen MR) is 137 cm³/mol. The predicted octanol–water partition coefficient (Wildman–Crippen LogP) is 6.47. The van der Waals surface area contributed by atoms with E-state index in [4.69, 9.17) is 21.1 Å². The number of likely N-dealkylation sites (N-methyl/N-ethyl adjacent to an activating group) is 1. The normalized spacial score (nSPS) is 11.2. The first-order valence-electron chi connectivity index (χ1n) is 10.8. The number of hydrogen-bond donors (Lipinski definition) is 0. The molecule has 0 saturated carbocycles. The Morgan fingerprint density at radius 2 is 1.70 bits per heavy atom. The van der Waals surface area contributed by atoms with Gasteiger partial charge < -0.3 is 14.4 Å². The molecule has 3 aromatic rings. The van der Waals surface area contributed by atoms with Gasteiger partial charge in [0.2, 0.25) is 0 Å². The zero-order valence-electron chi connectivity index (χ0n) is 19.8. The van der Waals surface area contributed by atoms with Crippen LogP contribution in [0.25, 0.3) is 17.2 Å². The van der Waals surface area contributed by atoms with Crippen LogP contribution in [0.15, 0.2) is 60.7 Å². The van der Waals surface area contributed by atoms with Crippen molar-refractivity contribution in [2.45, 2.75) is 13.8 Å². The maximum atomic E-state index is 13.2. The molecule has 0 aromatic heterocycles. The maximum absolute atomic E-state index is 13.2. The van der Waals surface area contributed by atoms with Gasteiger partial charge in [-0.25, -0.2) is 0 Å². The van der Waals surface area contributed by atoms with E-state index in [-0.39, 0.29) is 5.78 Å². The highest BCUT2D eigenvalue weighted by molar-refractivity contribution is 6.32. The van der Waals surface area contributed by atoms with Crippen molar-refractivity contribution in [1.82, 2.24) is 4.90 Å². The summed E-state index contributed by atoms with van der Waals surface area (Å²) in [6, 6.07) is 17.5. The van der Waals surface area contributed by atoms with E-state index in [1.54, 1.807) is 19.3 Å². The fraction of sp³-hybridized carbons (Fsp3) is 0.250. The van der Waals surface area contributed by atoms with Crippen molar-refractivity contribution < 1.29 is 14.3 Å². The molecule has 0 saturated heterocycles. The number of nitrogens with zero attached hydrogens (tertiary/aromatic N) is 1. The van der Waals surface area contributed by atoms with E-state index >= 15 is 0 Å². The number of carbonyl (C=O) groups excluding carboxylic acids is 1. The number of ketones is 1. The van der Waals surface area contributed by atoms with Crippen LogP contribution in [0.4, 0.5) is 0 Å². The third kappa shape index (κ3) is 6.70. The fourth-order valence-corrected chi connectivity index (χ4v) is 3.77. The van der Waals surface area contributed by atoms with Crippen molar-refractivity contribution in [2.24, 2.45) is 0 Å². The molecule has 0 aliphatic rings. The van der Waals surface area contributed by atoms with E-state index in [0.29, 0.717) is 28.7 Å². The Labute approximate surface area is 201 Å². The van der Waals surface area contributed by atoms with Crippen LogP contribution in [-0.4, -0.2) is 45.0 Å².